The van der Waals surface area contributed by atoms with Crippen LogP contribution in [0.4, 0.5) is 5.82 Å². The molecule has 3 aromatic rings. The number of morpholine rings is 1. The molecule has 0 bridgehead atoms. The van der Waals surface area contributed by atoms with Gasteiger partial charge < -0.3 is 9.64 Å². The fraction of sp³-hybridized carbons (Fsp3) is 0.562. The summed E-state index contributed by atoms with van der Waals surface area (Å²) in [6.07, 6.45) is 5.21. The first-order chi connectivity index (χ1) is 12.4. The van der Waals surface area contributed by atoms with Gasteiger partial charge in [-0.2, -0.15) is 0 Å². The molecule has 0 aromatic carbocycles. The highest BCUT2D eigenvalue weighted by atomic mass is 32.1. The van der Waals surface area contributed by atoms with E-state index in [4.69, 9.17) is 9.72 Å². The average molecular weight is 357 g/mol. The van der Waals surface area contributed by atoms with E-state index in [1.807, 2.05) is 12.1 Å². The van der Waals surface area contributed by atoms with E-state index in [2.05, 4.69) is 30.9 Å². The maximum absolute atomic E-state index is 6.00. The monoisotopic (exact) mass is 357 g/mol. The molecule has 1 saturated heterocycles. The van der Waals surface area contributed by atoms with Crippen molar-refractivity contribution in [2.75, 3.05) is 24.6 Å². The first kappa shape index (κ1) is 15.2. The standard InChI is InChI=1S/C16H19N7OS/c1-2-4-11(3-1)12-10-25-16(17-12)13-9-22(7-8-24-13)15-6-5-14-18-20-21-23(14)19-15/h5-6,10-11,13H,1-4,7-9H2. The summed E-state index contributed by atoms with van der Waals surface area (Å²) in [7, 11) is 0. The number of ether oxygens (including phenoxy) is 1. The highest BCUT2D eigenvalue weighted by molar-refractivity contribution is 7.09. The number of hydrogen-bond donors (Lipinski definition) is 0. The lowest BCUT2D eigenvalue weighted by atomic mass is 10.1. The second-order valence-electron chi connectivity index (χ2n) is 6.62. The zero-order chi connectivity index (χ0) is 16.6. The van der Waals surface area contributed by atoms with Crippen molar-refractivity contribution >= 4 is 22.8 Å². The van der Waals surface area contributed by atoms with Gasteiger partial charge in [-0.05, 0) is 35.4 Å². The fourth-order valence-corrected chi connectivity index (χ4v) is 4.61. The Morgan fingerprint density at radius 3 is 3.04 bits per heavy atom. The Labute approximate surface area is 148 Å². The Balaban J connectivity index is 1.35. The Hall–Kier alpha value is -2.13. The Kier molecular flexibility index (Phi) is 3.82. The van der Waals surface area contributed by atoms with Gasteiger partial charge in [0, 0.05) is 17.8 Å². The number of thiazole rings is 1. The number of aromatic nitrogens is 6. The topological polar surface area (TPSA) is 81.3 Å². The molecule has 2 fully saturated rings. The Bertz CT molecular complexity index is 872. The van der Waals surface area contributed by atoms with Gasteiger partial charge in [-0.3, -0.25) is 0 Å². The van der Waals surface area contributed by atoms with Crippen LogP contribution < -0.4 is 4.90 Å². The molecule has 1 aliphatic carbocycles. The van der Waals surface area contributed by atoms with E-state index in [0.717, 1.165) is 23.9 Å². The second-order valence-corrected chi connectivity index (χ2v) is 7.51. The average Bonchev–Trinajstić information content (AvgIpc) is 3.41. The minimum atomic E-state index is 0.000251. The quantitative estimate of drug-likeness (QED) is 0.711. The molecule has 0 N–H and O–H groups in total. The van der Waals surface area contributed by atoms with Gasteiger partial charge >= 0.3 is 0 Å². The van der Waals surface area contributed by atoms with Crippen LogP contribution in [-0.2, 0) is 4.74 Å². The third kappa shape index (κ3) is 2.87. The molecule has 0 spiro atoms. The third-order valence-electron chi connectivity index (χ3n) is 5.03. The number of rotatable bonds is 3. The van der Waals surface area contributed by atoms with Crippen molar-refractivity contribution in [3.63, 3.8) is 0 Å². The van der Waals surface area contributed by atoms with Crippen LogP contribution in [0.25, 0.3) is 5.65 Å². The predicted molar refractivity (Wildman–Crippen MR) is 92.8 cm³/mol. The molecule has 0 radical (unpaired) electrons. The van der Waals surface area contributed by atoms with Crippen LogP contribution >= 0.6 is 11.3 Å². The lowest BCUT2D eigenvalue weighted by molar-refractivity contribution is 0.0392. The van der Waals surface area contributed by atoms with Crippen molar-refractivity contribution in [1.82, 2.24) is 30.2 Å². The Morgan fingerprint density at radius 2 is 2.12 bits per heavy atom. The van der Waals surface area contributed by atoms with E-state index in [1.165, 1.54) is 36.0 Å². The molecular weight excluding hydrogens is 338 g/mol. The number of nitrogens with zero attached hydrogens (tertiary/aromatic N) is 7. The number of fused-ring (bicyclic) bond motifs is 1. The maximum atomic E-state index is 6.00. The van der Waals surface area contributed by atoms with Crippen molar-refractivity contribution in [3.8, 4) is 0 Å². The fourth-order valence-electron chi connectivity index (χ4n) is 3.67. The molecule has 9 heteroatoms. The number of tetrazole rings is 1. The van der Waals surface area contributed by atoms with Gasteiger partial charge in [0.25, 0.3) is 0 Å². The van der Waals surface area contributed by atoms with Crippen molar-refractivity contribution in [2.45, 2.75) is 37.7 Å². The SMILES string of the molecule is c1sc(C2CN(c3ccc4nnnn4n3)CCO2)nc1C1CCCC1. The van der Waals surface area contributed by atoms with Gasteiger partial charge in [0.15, 0.2) is 11.5 Å². The molecule has 5 rings (SSSR count). The summed E-state index contributed by atoms with van der Waals surface area (Å²) in [6, 6.07) is 3.84. The molecule has 3 aromatic heterocycles. The van der Waals surface area contributed by atoms with Gasteiger partial charge in [-0.15, -0.1) is 26.2 Å². The van der Waals surface area contributed by atoms with Crippen LogP contribution in [-0.4, -0.2) is 49.9 Å². The van der Waals surface area contributed by atoms with E-state index in [1.54, 1.807) is 11.3 Å². The van der Waals surface area contributed by atoms with Crippen LogP contribution in [0.5, 0.6) is 0 Å². The number of hydrogen-bond acceptors (Lipinski definition) is 8. The first-order valence-electron chi connectivity index (χ1n) is 8.74. The smallest absolute Gasteiger partial charge is 0.200 e. The highest BCUT2D eigenvalue weighted by Crippen LogP contribution is 2.36. The van der Waals surface area contributed by atoms with E-state index in [9.17, 15) is 0 Å². The summed E-state index contributed by atoms with van der Waals surface area (Å²) in [5.41, 5.74) is 1.90. The summed E-state index contributed by atoms with van der Waals surface area (Å²) in [6.45, 7) is 2.22. The summed E-state index contributed by atoms with van der Waals surface area (Å²) in [5.74, 6) is 1.51. The molecule has 25 heavy (non-hydrogen) atoms. The molecule has 8 nitrogen and oxygen atoms in total. The van der Waals surface area contributed by atoms with Crippen LogP contribution in [0, 0.1) is 0 Å². The highest BCUT2D eigenvalue weighted by Gasteiger charge is 2.27. The summed E-state index contributed by atoms with van der Waals surface area (Å²) in [4.78, 5) is 7.11. The van der Waals surface area contributed by atoms with Crippen molar-refractivity contribution in [3.05, 3.63) is 28.2 Å². The second kappa shape index (κ2) is 6.30. The van der Waals surface area contributed by atoms with E-state index in [-0.39, 0.29) is 6.10 Å². The molecular formula is C16H19N7OS. The van der Waals surface area contributed by atoms with Gasteiger partial charge in [0.1, 0.15) is 11.1 Å². The number of anilines is 1. The molecule has 1 aliphatic heterocycles. The van der Waals surface area contributed by atoms with Crippen LogP contribution in [0.3, 0.4) is 0 Å². The summed E-state index contributed by atoms with van der Waals surface area (Å²) >= 11 is 1.72. The first-order valence-corrected chi connectivity index (χ1v) is 9.62. The summed E-state index contributed by atoms with van der Waals surface area (Å²) < 4.78 is 7.46. The van der Waals surface area contributed by atoms with Crippen LogP contribution in [0.2, 0.25) is 0 Å². The third-order valence-corrected chi connectivity index (χ3v) is 5.99. The lowest BCUT2D eigenvalue weighted by Crippen LogP contribution is -2.39. The summed E-state index contributed by atoms with van der Waals surface area (Å²) in [5, 5.41) is 19.2. The van der Waals surface area contributed by atoms with Crippen molar-refractivity contribution in [1.29, 1.82) is 0 Å². The predicted octanol–water partition coefficient (Wildman–Crippen LogP) is 2.21. The molecule has 130 valence electrons. The van der Waals surface area contributed by atoms with Gasteiger partial charge in [0.05, 0.1) is 18.8 Å². The zero-order valence-corrected chi connectivity index (χ0v) is 14.6. The van der Waals surface area contributed by atoms with E-state index >= 15 is 0 Å². The minimum absolute atomic E-state index is 0.000251. The van der Waals surface area contributed by atoms with Gasteiger partial charge in [0.2, 0.25) is 0 Å². The normalized spacial score (nSPS) is 22.1. The van der Waals surface area contributed by atoms with Crippen molar-refractivity contribution in [2.24, 2.45) is 0 Å². The molecule has 1 atom stereocenters. The van der Waals surface area contributed by atoms with Gasteiger partial charge in [-0.25, -0.2) is 4.98 Å². The largest absolute Gasteiger partial charge is 0.367 e. The van der Waals surface area contributed by atoms with Crippen LogP contribution in [0.15, 0.2) is 17.5 Å². The lowest BCUT2D eigenvalue weighted by Gasteiger charge is -2.32. The van der Waals surface area contributed by atoms with E-state index < -0.39 is 0 Å². The van der Waals surface area contributed by atoms with Crippen LogP contribution in [0.1, 0.15) is 48.4 Å². The molecule has 1 unspecified atom stereocenters. The van der Waals surface area contributed by atoms with Crippen molar-refractivity contribution < 1.29 is 4.74 Å². The van der Waals surface area contributed by atoms with E-state index in [0.29, 0.717) is 18.2 Å². The zero-order valence-electron chi connectivity index (χ0n) is 13.8. The minimum Gasteiger partial charge on any atom is -0.367 e. The molecule has 0 amide bonds. The van der Waals surface area contributed by atoms with Gasteiger partial charge in [-0.1, -0.05) is 12.8 Å². The molecule has 4 heterocycles. The molecule has 2 aliphatic rings. The Morgan fingerprint density at radius 1 is 1.20 bits per heavy atom. The molecule has 1 saturated carbocycles. The maximum Gasteiger partial charge on any atom is 0.200 e.